The fourth-order valence-electron chi connectivity index (χ4n) is 1.32. The van der Waals surface area contributed by atoms with E-state index in [0.717, 1.165) is 5.56 Å². The molecule has 0 amide bonds. The normalized spacial score (nSPS) is 11.1. The molecule has 0 aromatic heterocycles. The molecular weight excluding hydrogens is 232 g/mol. The number of aliphatic carboxylic acids is 1. The molecule has 0 fully saturated rings. The van der Waals surface area contributed by atoms with Crippen LogP contribution >= 0.6 is 0 Å². The molecule has 0 aliphatic heterocycles. The second-order valence-electron chi connectivity index (χ2n) is 5.00. The Morgan fingerprint density at radius 2 is 1.78 bits per heavy atom. The molecule has 1 N–H and O–H groups in total. The molecule has 1 rings (SSSR count). The van der Waals surface area contributed by atoms with E-state index in [9.17, 15) is 9.59 Å². The van der Waals surface area contributed by atoms with E-state index < -0.39 is 11.4 Å². The highest BCUT2D eigenvalue weighted by atomic mass is 16.5. The third-order valence-corrected chi connectivity index (χ3v) is 2.56. The zero-order valence-electron chi connectivity index (χ0n) is 10.9. The molecule has 0 unspecified atom stereocenters. The number of Topliss-reactive ketones (excluding diaryl/α,β-unsaturated/α-hetero) is 1. The Hall–Kier alpha value is -1.84. The van der Waals surface area contributed by atoms with E-state index >= 15 is 0 Å². The van der Waals surface area contributed by atoms with Crippen LogP contribution in [0.3, 0.4) is 0 Å². The minimum atomic E-state index is -0.919. The summed E-state index contributed by atoms with van der Waals surface area (Å²) in [6.45, 7) is 4.87. The van der Waals surface area contributed by atoms with Crippen LogP contribution in [-0.2, 0) is 16.0 Å². The van der Waals surface area contributed by atoms with Crippen molar-refractivity contribution in [1.82, 2.24) is 0 Å². The summed E-state index contributed by atoms with van der Waals surface area (Å²) in [4.78, 5) is 21.8. The van der Waals surface area contributed by atoms with Gasteiger partial charge in [-0.2, -0.15) is 0 Å². The molecule has 0 heterocycles. The molecule has 18 heavy (non-hydrogen) atoms. The van der Waals surface area contributed by atoms with E-state index in [2.05, 4.69) is 0 Å². The van der Waals surface area contributed by atoms with Crippen molar-refractivity contribution in [3.8, 4) is 5.75 Å². The number of rotatable bonds is 6. The van der Waals surface area contributed by atoms with Gasteiger partial charge in [0.05, 0.1) is 5.41 Å². The van der Waals surface area contributed by atoms with Crippen molar-refractivity contribution in [2.75, 3.05) is 6.61 Å². The number of carbonyl (C=O) groups excluding carboxylic acids is 1. The second-order valence-corrected chi connectivity index (χ2v) is 5.00. The van der Waals surface area contributed by atoms with Gasteiger partial charge >= 0.3 is 5.97 Å². The number of carboxylic acid groups (broad SMARTS) is 1. The second kappa shape index (κ2) is 5.67. The fourth-order valence-corrected chi connectivity index (χ4v) is 1.32. The van der Waals surface area contributed by atoms with Gasteiger partial charge in [-0.3, -0.25) is 9.59 Å². The molecule has 0 aliphatic rings. The highest BCUT2D eigenvalue weighted by Crippen LogP contribution is 2.19. The minimum absolute atomic E-state index is 0.106. The third kappa shape index (κ3) is 4.20. The van der Waals surface area contributed by atoms with Crippen LogP contribution in [-0.4, -0.2) is 23.5 Å². The number of hydrogen-bond donors (Lipinski definition) is 1. The number of carboxylic acids is 1. The van der Waals surface area contributed by atoms with Gasteiger partial charge in [0.25, 0.3) is 0 Å². The van der Waals surface area contributed by atoms with Crippen molar-refractivity contribution >= 4 is 11.8 Å². The van der Waals surface area contributed by atoms with E-state index in [1.54, 1.807) is 32.9 Å². The summed E-state index contributed by atoms with van der Waals surface area (Å²) in [6.07, 6.45) is 0.404. The molecule has 0 atom stereocenters. The van der Waals surface area contributed by atoms with Gasteiger partial charge in [0.2, 0.25) is 0 Å². The van der Waals surface area contributed by atoms with E-state index in [4.69, 9.17) is 9.84 Å². The van der Waals surface area contributed by atoms with Gasteiger partial charge in [0, 0.05) is 6.42 Å². The largest absolute Gasteiger partial charge is 0.492 e. The van der Waals surface area contributed by atoms with Gasteiger partial charge in [-0.1, -0.05) is 12.1 Å². The van der Waals surface area contributed by atoms with E-state index in [0.29, 0.717) is 12.2 Å². The number of hydrogen-bond acceptors (Lipinski definition) is 3. The van der Waals surface area contributed by atoms with Gasteiger partial charge in [0.1, 0.15) is 18.1 Å². The SMILES string of the molecule is CC(=O)Cc1ccc(OCC(C)(C)C(=O)O)cc1. The monoisotopic (exact) mass is 250 g/mol. The van der Waals surface area contributed by atoms with Gasteiger partial charge in [0.15, 0.2) is 0 Å². The summed E-state index contributed by atoms with van der Waals surface area (Å²) in [5.41, 5.74) is 0.00487. The minimum Gasteiger partial charge on any atom is -0.492 e. The zero-order chi connectivity index (χ0) is 13.8. The van der Waals surface area contributed by atoms with Gasteiger partial charge in [-0.15, -0.1) is 0 Å². The van der Waals surface area contributed by atoms with Crippen molar-refractivity contribution < 1.29 is 19.4 Å². The van der Waals surface area contributed by atoms with E-state index in [1.165, 1.54) is 0 Å². The lowest BCUT2D eigenvalue weighted by Gasteiger charge is -2.19. The Labute approximate surface area is 107 Å². The van der Waals surface area contributed by atoms with Crippen molar-refractivity contribution in [3.63, 3.8) is 0 Å². The molecule has 0 saturated carbocycles. The predicted molar refractivity (Wildman–Crippen MR) is 67.7 cm³/mol. The summed E-state index contributed by atoms with van der Waals surface area (Å²) >= 11 is 0. The molecule has 1 aromatic rings. The van der Waals surface area contributed by atoms with Gasteiger partial charge in [-0.25, -0.2) is 0 Å². The quantitative estimate of drug-likeness (QED) is 0.841. The highest BCUT2D eigenvalue weighted by Gasteiger charge is 2.28. The first-order chi connectivity index (χ1) is 8.31. The van der Waals surface area contributed by atoms with Crippen LogP contribution in [0.2, 0.25) is 0 Å². The summed E-state index contributed by atoms with van der Waals surface area (Å²) in [6, 6.07) is 7.11. The Morgan fingerprint density at radius 3 is 2.22 bits per heavy atom. The highest BCUT2D eigenvalue weighted by molar-refractivity contribution is 5.78. The van der Waals surface area contributed by atoms with E-state index in [1.807, 2.05) is 12.1 Å². The summed E-state index contributed by atoms with van der Waals surface area (Å²) in [7, 11) is 0. The molecule has 98 valence electrons. The molecule has 0 radical (unpaired) electrons. The molecule has 0 aliphatic carbocycles. The predicted octanol–water partition coefficient (Wildman–Crippen LogP) is 2.31. The van der Waals surface area contributed by atoms with E-state index in [-0.39, 0.29) is 12.4 Å². The Kier molecular flexibility index (Phi) is 4.48. The maximum Gasteiger partial charge on any atom is 0.312 e. The lowest BCUT2D eigenvalue weighted by atomic mass is 9.95. The van der Waals surface area contributed by atoms with Crippen LogP contribution in [0.15, 0.2) is 24.3 Å². The molecule has 4 heteroatoms. The van der Waals surface area contributed by atoms with Crippen molar-refractivity contribution in [3.05, 3.63) is 29.8 Å². The van der Waals surface area contributed by atoms with Crippen molar-refractivity contribution in [2.45, 2.75) is 27.2 Å². The van der Waals surface area contributed by atoms with Crippen LogP contribution in [0.25, 0.3) is 0 Å². The summed E-state index contributed by atoms with van der Waals surface area (Å²) in [5.74, 6) is -0.178. The topological polar surface area (TPSA) is 63.6 Å². The first-order valence-electron chi connectivity index (χ1n) is 5.76. The van der Waals surface area contributed by atoms with Gasteiger partial charge in [-0.05, 0) is 38.5 Å². The third-order valence-electron chi connectivity index (χ3n) is 2.56. The standard InChI is InChI=1S/C14H18O4/c1-10(15)8-11-4-6-12(7-5-11)18-9-14(2,3)13(16)17/h4-7H,8-9H2,1-3H3,(H,16,17). The van der Waals surface area contributed by atoms with Crippen molar-refractivity contribution in [2.24, 2.45) is 5.41 Å². The average Bonchev–Trinajstić information content (AvgIpc) is 2.27. The zero-order valence-corrected chi connectivity index (χ0v) is 10.9. The molecular formula is C14H18O4. The maximum absolute atomic E-state index is 10.9. The van der Waals surface area contributed by atoms with Crippen LogP contribution in [0.4, 0.5) is 0 Å². The van der Waals surface area contributed by atoms with Crippen molar-refractivity contribution in [1.29, 1.82) is 0 Å². The number of ether oxygens (including phenoxy) is 1. The lowest BCUT2D eigenvalue weighted by molar-refractivity contribution is -0.148. The average molecular weight is 250 g/mol. The number of ketones is 1. The maximum atomic E-state index is 10.9. The molecule has 4 nitrogen and oxygen atoms in total. The lowest BCUT2D eigenvalue weighted by Crippen LogP contribution is -2.30. The van der Waals surface area contributed by atoms with Crippen LogP contribution in [0, 0.1) is 5.41 Å². The molecule has 0 bridgehead atoms. The van der Waals surface area contributed by atoms with Crippen LogP contribution < -0.4 is 4.74 Å². The smallest absolute Gasteiger partial charge is 0.312 e. The summed E-state index contributed by atoms with van der Waals surface area (Å²) in [5, 5.41) is 8.95. The summed E-state index contributed by atoms with van der Waals surface area (Å²) < 4.78 is 5.43. The number of carbonyl (C=O) groups is 2. The van der Waals surface area contributed by atoms with Gasteiger partial charge < -0.3 is 9.84 Å². The molecule has 0 spiro atoms. The first-order valence-corrected chi connectivity index (χ1v) is 5.76. The Bertz CT molecular complexity index is 432. The Morgan fingerprint density at radius 1 is 1.22 bits per heavy atom. The van der Waals surface area contributed by atoms with Crippen LogP contribution in [0.1, 0.15) is 26.3 Å². The number of benzene rings is 1. The molecule has 0 saturated heterocycles. The Balaban J connectivity index is 2.59. The first kappa shape index (κ1) is 14.2. The fraction of sp³-hybridized carbons (Fsp3) is 0.429. The van der Waals surface area contributed by atoms with Crippen LogP contribution in [0.5, 0.6) is 5.75 Å². The molecule has 1 aromatic carbocycles.